The first-order valence-corrected chi connectivity index (χ1v) is 7.67. The van der Waals surface area contributed by atoms with Crippen molar-refractivity contribution < 1.29 is 13.9 Å². The summed E-state index contributed by atoms with van der Waals surface area (Å²) in [4.78, 5) is 12.1. The lowest BCUT2D eigenvalue weighted by molar-refractivity contribution is -0.151. The summed E-state index contributed by atoms with van der Waals surface area (Å²) >= 11 is 0. The van der Waals surface area contributed by atoms with Crippen molar-refractivity contribution in [3.63, 3.8) is 0 Å². The molecule has 3 fully saturated rings. The van der Waals surface area contributed by atoms with E-state index in [2.05, 4.69) is 5.32 Å². The van der Waals surface area contributed by atoms with E-state index >= 15 is 0 Å². The molecule has 108 valence electrons. The predicted molar refractivity (Wildman–Crippen MR) is 70.4 cm³/mol. The van der Waals surface area contributed by atoms with Crippen LogP contribution in [-0.2, 0) is 9.53 Å². The molecule has 2 bridgehead atoms. The van der Waals surface area contributed by atoms with Gasteiger partial charge < -0.3 is 10.1 Å². The topological polar surface area (TPSA) is 38.3 Å². The summed E-state index contributed by atoms with van der Waals surface area (Å²) in [6.07, 6.45) is 5.95. The van der Waals surface area contributed by atoms with Crippen LogP contribution in [0.4, 0.5) is 4.39 Å². The molecular formula is C15H24FNO2. The first-order valence-electron chi connectivity index (χ1n) is 7.67. The van der Waals surface area contributed by atoms with E-state index in [0.29, 0.717) is 36.8 Å². The maximum atomic E-state index is 13.3. The van der Waals surface area contributed by atoms with E-state index < -0.39 is 6.17 Å². The number of rotatable bonds is 2. The predicted octanol–water partition coefficient (Wildman–Crippen LogP) is 2.44. The Morgan fingerprint density at radius 3 is 2.58 bits per heavy atom. The number of hydrogen-bond acceptors (Lipinski definition) is 3. The van der Waals surface area contributed by atoms with Gasteiger partial charge in [-0.1, -0.05) is 0 Å². The maximum Gasteiger partial charge on any atom is 0.310 e. The third-order valence-corrected chi connectivity index (χ3v) is 5.51. The molecule has 2 saturated heterocycles. The Hall–Kier alpha value is -0.640. The number of ether oxygens (including phenoxy) is 1. The second kappa shape index (κ2) is 5.39. The molecule has 3 rings (SSSR count). The van der Waals surface area contributed by atoms with Crippen LogP contribution in [0, 0.1) is 17.8 Å². The fourth-order valence-electron chi connectivity index (χ4n) is 4.56. The van der Waals surface area contributed by atoms with E-state index in [0.717, 1.165) is 25.7 Å². The lowest BCUT2D eigenvalue weighted by atomic mass is 9.68. The highest BCUT2D eigenvalue weighted by molar-refractivity contribution is 5.74. The fraction of sp³-hybridized carbons (Fsp3) is 0.933. The Morgan fingerprint density at radius 1 is 1.16 bits per heavy atom. The number of carbonyl (C=O) groups is 1. The molecule has 1 saturated carbocycles. The summed E-state index contributed by atoms with van der Waals surface area (Å²) in [5, 5.41) is 3.56. The Bertz CT molecular complexity index is 341. The number of halogens is 1. The molecular weight excluding hydrogens is 245 g/mol. The Morgan fingerprint density at radius 2 is 1.89 bits per heavy atom. The third kappa shape index (κ3) is 2.51. The molecule has 2 aliphatic heterocycles. The molecule has 1 N–H and O–H groups in total. The first kappa shape index (κ1) is 13.3. The van der Waals surface area contributed by atoms with Gasteiger partial charge in [-0.25, -0.2) is 4.39 Å². The largest absolute Gasteiger partial charge is 0.469 e. The third-order valence-electron chi connectivity index (χ3n) is 5.51. The Balaban J connectivity index is 1.75. The maximum absolute atomic E-state index is 13.3. The molecule has 19 heavy (non-hydrogen) atoms. The van der Waals surface area contributed by atoms with Gasteiger partial charge in [0.05, 0.1) is 13.0 Å². The van der Waals surface area contributed by atoms with E-state index in [1.165, 1.54) is 13.5 Å². The summed E-state index contributed by atoms with van der Waals surface area (Å²) in [6.45, 7) is 0. The monoisotopic (exact) mass is 269 g/mol. The van der Waals surface area contributed by atoms with Gasteiger partial charge in [0.1, 0.15) is 6.17 Å². The lowest BCUT2D eigenvalue weighted by Crippen LogP contribution is -2.51. The standard InChI is InChI=1S/C15H24FNO2/c1-19-15(18)14-12(8-11-6-7-13(14)17-11)9-2-4-10(16)5-3-9/h9-14,17H,2-8H2,1H3/t9?,10?,11-,12-,13?,14?/m1/s1. The zero-order valence-corrected chi connectivity index (χ0v) is 11.6. The van der Waals surface area contributed by atoms with Crippen LogP contribution in [0.3, 0.4) is 0 Å². The number of alkyl halides is 1. The average Bonchev–Trinajstić information content (AvgIpc) is 2.80. The molecule has 0 spiro atoms. The number of fused-ring (bicyclic) bond motifs is 2. The number of esters is 1. The number of nitrogens with one attached hydrogen (secondary N) is 1. The summed E-state index contributed by atoms with van der Waals surface area (Å²) < 4.78 is 18.3. The van der Waals surface area contributed by atoms with Crippen molar-refractivity contribution in [3.05, 3.63) is 0 Å². The molecule has 0 amide bonds. The molecule has 1 aliphatic carbocycles. The fourth-order valence-corrected chi connectivity index (χ4v) is 4.56. The van der Waals surface area contributed by atoms with Crippen LogP contribution >= 0.6 is 0 Å². The van der Waals surface area contributed by atoms with Crippen LogP contribution in [-0.4, -0.2) is 31.3 Å². The highest BCUT2D eigenvalue weighted by Crippen LogP contribution is 2.44. The molecule has 0 aromatic rings. The van der Waals surface area contributed by atoms with Crippen molar-refractivity contribution in [2.75, 3.05) is 7.11 Å². The highest BCUT2D eigenvalue weighted by atomic mass is 19.1. The van der Waals surface area contributed by atoms with Crippen molar-refractivity contribution in [1.82, 2.24) is 5.32 Å². The summed E-state index contributed by atoms with van der Waals surface area (Å²) in [6, 6.07) is 0.860. The van der Waals surface area contributed by atoms with Crippen LogP contribution in [0.25, 0.3) is 0 Å². The lowest BCUT2D eigenvalue weighted by Gasteiger charge is -2.41. The van der Waals surface area contributed by atoms with E-state index in [1.807, 2.05) is 0 Å². The first-order chi connectivity index (χ1) is 9.19. The number of piperidine rings is 1. The molecule has 4 atom stereocenters. The van der Waals surface area contributed by atoms with Crippen LogP contribution in [0.1, 0.15) is 44.9 Å². The van der Waals surface area contributed by atoms with Crippen LogP contribution in [0.2, 0.25) is 0 Å². The molecule has 4 heteroatoms. The number of methoxy groups -OCH3 is 1. The second-order valence-electron chi connectivity index (χ2n) is 6.51. The van der Waals surface area contributed by atoms with E-state index in [9.17, 15) is 9.18 Å². The molecule has 0 aromatic heterocycles. The minimum Gasteiger partial charge on any atom is -0.469 e. The zero-order valence-electron chi connectivity index (χ0n) is 11.6. The quantitative estimate of drug-likeness (QED) is 0.783. The van der Waals surface area contributed by atoms with Gasteiger partial charge in [-0.2, -0.15) is 0 Å². The van der Waals surface area contributed by atoms with Crippen molar-refractivity contribution in [2.24, 2.45) is 17.8 Å². The summed E-state index contributed by atoms with van der Waals surface area (Å²) in [7, 11) is 1.49. The van der Waals surface area contributed by atoms with Gasteiger partial charge in [-0.15, -0.1) is 0 Å². The SMILES string of the molecule is COC(=O)C1C2CC[C@H](C[C@@H]1C1CCC(F)CC1)N2. The van der Waals surface area contributed by atoms with Crippen LogP contribution in [0.15, 0.2) is 0 Å². The highest BCUT2D eigenvalue weighted by Gasteiger charge is 2.48. The molecule has 2 unspecified atom stereocenters. The normalized spacial score (nSPS) is 46.0. The van der Waals surface area contributed by atoms with Crippen molar-refractivity contribution in [1.29, 1.82) is 0 Å². The van der Waals surface area contributed by atoms with Gasteiger partial charge in [0, 0.05) is 12.1 Å². The average molecular weight is 269 g/mol. The molecule has 0 aromatic carbocycles. The van der Waals surface area contributed by atoms with Crippen molar-refractivity contribution in [3.8, 4) is 0 Å². The number of hydrogen-bond donors (Lipinski definition) is 1. The van der Waals surface area contributed by atoms with Gasteiger partial charge in [0.25, 0.3) is 0 Å². The Labute approximate surface area is 114 Å². The van der Waals surface area contributed by atoms with Gasteiger partial charge in [0.2, 0.25) is 0 Å². The number of carbonyl (C=O) groups excluding carboxylic acids is 1. The van der Waals surface area contributed by atoms with Gasteiger partial charge in [0.15, 0.2) is 0 Å². The molecule has 3 nitrogen and oxygen atoms in total. The van der Waals surface area contributed by atoms with Gasteiger partial charge in [-0.05, 0) is 56.8 Å². The van der Waals surface area contributed by atoms with E-state index in [4.69, 9.17) is 4.74 Å². The molecule has 3 aliphatic rings. The van der Waals surface area contributed by atoms with Crippen LogP contribution in [0.5, 0.6) is 0 Å². The van der Waals surface area contributed by atoms with Crippen molar-refractivity contribution in [2.45, 2.75) is 63.2 Å². The van der Waals surface area contributed by atoms with Crippen LogP contribution < -0.4 is 5.32 Å². The minimum absolute atomic E-state index is 0.00934. The second-order valence-corrected chi connectivity index (χ2v) is 6.51. The molecule has 0 radical (unpaired) electrons. The zero-order chi connectivity index (χ0) is 13.4. The smallest absolute Gasteiger partial charge is 0.310 e. The van der Waals surface area contributed by atoms with Gasteiger partial charge >= 0.3 is 5.97 Å². The van der Waals surface area contributed by atoms with Crippen molar-refractivity contribution >= 4 is 5.97 Å². The van der Waals surface area contributed by atoms with E-state index in [-0.39, 0.29) is 11.9 Å². The Kier molecular flexibility index (Phi) is 3.79. The molecule has 2 heterocycles. The summed E-state index contributed by atoms with van der Waals surface area (Å²) in [5.41, 5.74) is 0. The van der Waals surface area contributed by atoms with E-state index in [1.54, 1.807) is 0 Å². The summed E-state index contributed by atoms with van der Waals surface area (Å²) in [5.74, 6) is 0.843. The van der Waals surface area contributed by atoms with Gasteiger partial charge in [-0.3, -0.25) is 4.79 Å². The minimum atomic E-state index is -0.619.